The molecule has 8 heteroatoms. The predicted molar refractivity (Wildman–Crippen MR) is 127 cm³/mol. The molecule has 7 nitrogen and oxygen atoms in total. The minimum Gasteiger partial charge on any atom is -0.356 e. The van der Waals surface area contributed by atoms with Gasteiger partial charge in [0.15, 0.2) is 5.58 Å². The van der Waals surface area contributed by atoms with Crippen molar-refractivity contribution in [2.24, 2.45) is 5.92 Å². The van der Waals surface area contributed by atoms with Crippen LogP contribution in [0.2, 0.25) is 0 Å². The van der Waals surface area contributed by atoms with Gasteiger partial charge in [-0.2, -0.15) is 0 Å². The number of piperidine rings is 3. The van der Waals surface area contributed by atoms with E-state index >= 15 is 0 Å². The monoisotopic (exact) mass is 470 g/mol. The highest BCUT2D eigenvalue weighted by Gasteiger charge is 2.33. The van der Waals surface area contributed by atoms with E-state index in [4.69, 9.17) is 4.52 Å². The molecule has 0 radical (unpaired) electrons. The van der Waals surface area contributed by atoms with E-state index < -0.39 is 0 Å². The van der Waals surface area contributed by atoms with Crippen molar-refractivity contribution >= 4 is 22.8 Å². The molecule has 4 heterocycles. The van der Waals surface area contributed by atoms with Gasteiger partial charge in [0.25, 0.3) is 0 Å². The smallest absolute Gasteiger partial charge is 0.223 e. The molecule has 5 rings (SSSR count). The van der Waals surface area contributed by atoms with Crippen molar-refractivity contribution < 1.29 is 18.5 Å². The number of rotatable bonds is 6. The molecule has 1 N–H and O–H groups in total. The fraction of sp³-hybridized carbons (Fsp3) is 0.654. The lowest BCUT2D eigenvalue weighted by molar-refractivity contribution is -0.134. The summed E-state index contributed by atoms with van der Waals surface area (Å²) in [4.78, 5) is 29.6. The number of likely N-dealkylation sites (tertiary alicyclic amines) is 1. The number of halogens is 1. The maximum atomic E-state index is 13.4. The van der Waals surface area contributed by atoms with Gasteiger partial charge in [0.2, 0.25) is 11.8 Å². The number of carbonyl (C=O) groups is 2. The zero-order chi connectivity index (χ0) is 23.5. The maximum absolute atomic E-state index is 13.4. The molecule has 0 spiro atoms. The third-order valence-corrected chi connectivity index (χ3v) is 8.05. The second-order valence-corrected chi connectivity index (χ2v) is 10.2. The van der Waals surface area contributed by atoms with Gasteiger partial charge >= 0.3 is 0 Å². The first-order valence-corrected chi connectivity index (χ1v) is 12.9. The lowest BCUT2D eigenvalue weighted by Crippen LogP contribution is -2.51. The number of nitrogens with zero attached hydrogens (tertiary/aromatic N) is 3. The van der Waals surface area contributed by atoms with Gasteiger partial charge in [0.1, 0.15) is 5.82 Å². The maximum Gasteiger partial charge on any atom is 0.223 e. The molecule has 184 valence electrons. The van der Waals surface area contributed by atoms with Crippen LogP contribution in [-0.2, 0) is 9.59 Å². The van der Waals surface area contributed by atoms with Crippen LogP contribution in [0.25, 0.3) is 11.0 Å². The van der Waals surface area contributed by atoms with Crippen molar-refractivity contribution in [2.45, 2.75) is 69.7 Å². The molecule has 3 aliphatic rings. The van der Waals surface area contributed by atoms with Gasteiger partial charge in [-0.25, -0.2) is 4.39 Å². The molecule has 2 aromatic rings. The van der Waals surface area contributed by atoms with E-state index in [-0.39, 0.29) is 36.4 Å². The first kappa shape index (κ1) is 23.3. The molecule has 0 unspecified atom stereocenters. The van der Waals surface area contributed by atoms with E-state index in [1.54, 1.807) is 6.07 Å². The van der Waals surface area contributed by atoms with Gasteiger partial charge in [-0.3, -0.25) is 9.59 Å². The first-order valence-electron chi connectivity index (χ1n) is 12.9. The van der Waals surface area contributed by atoms with Gasteiger partial charge in [0, 0.05) is 55.9 Å². The molecule has 0 saturated carbocycles. The van der Waals surface area contributed by atoms with Crippen LogP contribution < -0.4 is 5.32 Å². The van der Waals surface area contributed by atoms with E-state index in [2.05, 4.69) is 15.4 Å². The Morgan fingerprint density at radius 3 is 2.71 bits per heavy atom. The van der Waals surface area contributed by atoms with E-state index in [0.717, 1.165) is 30.5 Å². The van der Waals surface area contributed by atoms with E-state index in [0.29, 0.717) is 30.6 Å². The summed E-state index contributed by atoms with van der Waals surface area (Å²) in [5.41, 5.74) is 1.31. The van der Waals surface area contributed by atoms with E-state index in [9.17, 15) is 14.0 Å². The largest absolute Gasteiger partial charge is 0.356 e. The van der Waals surface area contributed by atoms with Crippen molar-refractivity contribution in [2.75, 3.05) is 32.7 Å². The average molecular weight is 471 g/mol. The minimum atomic E-state index is -0.339. The van der Waals surface area contributed by atoms with Crippen LogP contribution in [0.15, 0.2) is 22.7 Å². The second kappa shape index (κ2) is 10.4. The Labute approximate surface area is 200 Å². The standard InChI is InChI=1S/C26H35FN4O3/c27-20-6-7-21-23(16-20)34-29-26(21)18-10-14-31(15-11-18)25(33)9-8-24(32)28-17-19-4-3-13-30-12-2-1-5-22(19)30/h6-7,16,18-19,22H,1-5,8-15,17H2,(H,28,32)/t19-,22+/m0/s1. The van der Waals surface area contributed by atoms with Crippen molar-refractivity contribution in [3.8, 4) is 0 Å². The van der Waals surface area contributed by atoms with Crippen molar-refractivity contribution in [3.05, 3.63) is 29.7 Å². The van der Waals surface area contributed by atoms with Crippen molar-refractivity contribution in [1.29, 1.82) is 0 Å². The van der Waals surface area contributed by atoms with Gasteiger partial charge in [-0.15, -0.1) is 0 Å². The quantitative estimate of drug-likeness (QED) is 0.694. The highest BCUT2D eigenvalue weighted by Crippen LogP contribution is 2.33. The number of carbonyl (C=O) groups excluding carboxylic acids is 2. The zero-order valence-electron chi connectivity index (χ0n) is 19.8. The number of amides is 2. The average Bonchev–Trinajstić information content (AvgIpc) is 3.29. The van der Waals surface area contributed by atoms with E-state index in [1.807, 2.05) is 4.90 Å². The molecule has 3 fully saturated rings. The van der Waals surface area contributed by atoms with Crippen LogP contribution in [0.5, 0.6) is 0 Å². The Hall–Kier alpha value is -2.48. The summed E-state index contributed by atoms with van der Waals surface area (Å²) in [5, 5.41) is 8.13. The number of aromatic nitrogens is 1. The Balaban J connectivity index is 1.05. The number of benzene rings is 1. The Kier molecular flexibility index (Phi) is 7.13. The molecule has 3 saturated heterocycles. The lowest BCUT2D eigenvalue weighted by atomic mass is 9.83. The van der Waals surface area contributed by atoms with Crippen LogP contribution in [0.1, 0.15) is 69.4 Å². The lowest BCUT2D eigenvalue weighted by Gasteiger charge is -2.44. The Morgan fingerprint density at radius 1 is 1.03 bits per heavy atom. The van der Waals surface area contributed by atoms with Crippen molar-refractivity contribution in [3.63, 3.8) is 0 Å². The SMILES string of the molecule is O=C(CCC(=O)N1CCC(c2noc3cc(F)ccc23)CC1)NC[C@@H]1CCCN2CCCC[C@H]12. The molecule has 1 aromatic heterocycles. The molecular weight excluding hydrogens is 435 g/mol. The van der Waals surface area contributed by atoms with Gasteiger partial charge in [0.05, 0.1) is 5.69 Å². The number of nitrogens with one attached hydrogen (secondary N) is 1. The normalized spacial score (nSPS) is 24.2. The fourth-order valence-electron chi connectivity index (χ4n) is 6.15. The molecule has 1 aromatic carbocycles. The summed E-state index contributed by atoms with van der Waals surface area (Å²) in [5.74, 6) is 0.411. The molecular formula is C26H35FN4O3. The van der Waals surface area contributed by atoms with E-state index in [1.165, 1.54) is 57.3 Å². The highest BCUT2D eigenvalue weighted by atomic mass is 19.1. The third kappa shape index (κ3) is 5.11. The van der Waals surface area contributed by atoms with Gasteiger partial charge < -0.3 is 19.6 Å². The highest BCUT2D eigenvalue weighted by molar-refractivity contribution is 5.84. The van der Waals surface area contributed by atoms with Gasteiger partial charge in [-0.05, 0) is 69.7 Å². The Bertz CT molecular complexity index is 1010. The van der Waals surface area contributed by atoms with Crippen LogP contribution in [0, 0.1) is 11.7 Å². The number of hydrogen-bond donors (Lipinski definition) is 1. The summed E-state index contributed by atoms with van der Waals surface area (Å²) >= 11 is 0. The molecule has 3 aliphatic heterocycles. The number of hydrogen-bond acceptors (Lipinski definition) is 5. The molecule has 0 bridgehead atoms. The summed E-state index contributed by atoms with van der Waals surface area (Å²) in [7, 11) is 0. The van der Waals surface area contributed by atoms with Crippen LogP contribution in [0.4, 0.5) is 4.39 Å². The van der Waals surface area contributed by atoms with Crippen LogP contribution in [-0.4, -0.2) is 65.5 Å². The second-order valence-electron chi connectivity index (χ2n) is 10.2. The summed E-state index contributed by atoms with van der Waals surface area (Å²) in [6.45, 7) is 4.41. The third-order valence-electron chi connectivity index (χ3n) is 8.05. The summed E-state index contributed by atoms with van der Waals surface area (Å²) in [6, 6.07) is 5.11. The molecule has 0 aliphatic carbocycles. The summed E-state index contributed by atoms with van der Waals surface area (Å²) in [6.07, 6.45) is 8.31. The first-order chi connectivity index (χ1) is 16.6. The topological polar surface area (TPSA) is 78.7 Å². The fourth-order valence-corrected chi connectivity index (χ4v) is 6.15. The molecule has 34 heavy (non-hydrogen) atoms. The zero-order valence-corrected chi connectivity index (χ0v) is 19.8. The minimum absolute atomic E-state index is 0.0162. The van der Waals surface area contributed by atoms with Crippen LogP contribution >= 0.6 is 0 Å². The van der Waals surface area contributed by atoms with Gasteiger partial charge in [-0.1, -0.05) is 11.6 Å². The molecule has 2 atom stereocenters. The van der Waals surface area contributed by atoms with Crippen molar-refractivity contribution in [1.82, 2.24) is 20.3 Å². The number of fused-ring (bicyclic) bond motifs is 2. The summed E-state index contributed by atoms with van der Waals surface area (Å²) < 4.78 is 18.7. The predicted octanol–water partition coefficient (Wildman–Crippen LogP) is 3.83. The van der Waals surface area contributed by atoms with Crippen LogP contribution in [0.3, 0.4) is 0 Å². The Morgan fingerprint density at radius 2 is 1.85 bits per heavy atom. The molecule has 2 amide bonds.